The minimum Gasteiger partial charge on any atom is -0.328 e. The molecule has 3 N–H and O–H groups in total. The van der Waals surface area contributed by atoms with Gasteiger partial charge in [0.05, 0.1) is 12.4 Å². The van der Waals surface area contributed by atoms with Gasteiger partial charge in [-0.1, -0.05) is 116 Å². The highest BCUT2D eigenvalue weighted by molar-refractivity contribution is 7.85. The van der Waals surface area contributed by atoms with Gasteiger partial charge in [-0.2, -0.15) is 8.42 Å². The van der Waals surface area contributed by atoms with Crippen LogP contribution in [0.4, 0.5) is 35.1 Å². The maximum absolute atomic E-state index is 13.3. The number of halogens is 8. The molecule has 0 spiro atoms. The first kappa shape index (κ1) is 46.4. The number of rotatable bonds is 30. The predicted molar refractivity (Wildman–Crippen MR) is 168 cm³/mol. The summed E-state index contributed by atoms with van der Waals surface area (Å²) in [6, 6.07) is 0. The zero-order valence-electron chi connectivity index (χ0n) is 27.3. The van der Waals surface area contributed by atoms with E-state index >= 15 is 0 Å². The summed E-state index contributed by atoms with van der Waals surface area (Å²) in [6.07, 6.45) is 1.35. The molecule has 0 bridgehead atoms. The van der Waals surface area contributed by atoms with Gasteiger partial charge in [0.2, 0.25) is 0 Å². The second-order valence-electron chi connectivity index (χ2n) is 12.0. The Bertz CT molecular complexity index is 741. The van der Waals surface area contributed by atoms with Crippen molar-refractivity contribution in [3.05, 3.63) is 0 Å². The zero-order valence-corrected chi connectivity index (χ0v) is 28.1. The molecule has 0 aromatic carbocycles. The van der Waals surface area contributed by atoms with E-state index in [0.717, 1.165) is 12.8 Å². The van der Waals surface area contributed by atoms with Crippen LogP contribution in [0, 0.1) is 0 Å². The number of alkyl halides is 8. The molecule has 13 heteroatoms. The van der Waals surface area contributed by atoms with E-state index in [0.29, 0.717) is 6.42 Å². The van der Waals surface area contributed by atoms with Crippen LogP contribution in [0.2, 0.25) is 0 Å². The van der Waals surface area contributed by atoms with Gasteiger partial charge in [-0.05, 0) is 25.7 Å². The molecule has 0 amide bonds. The van der Waals surface area contributed by atoms with Crippen molar-refractivity contribution in [1.29, 1.82) is 0 Å². The lowest BCUT2D eigenvalue weighted by atomic mass is 9.97. The number of hydrogen-bond acceptors (Lipinski definition) is 3. The monoisotopic (exact) mass is 691 g/mol. The molecule has 7 atom stereocenters. The zero-order chi connectivity index (χ0) is 34.5. The van der Waals surface area contributed by atoms with Gasteiger partial charge in [-0.3, -0.25) is 8.94 Å². The summed E-state index contributed by atoms with van der Waals surface area (Å²) < 4.78 is 133. The van der Waals surface area contributed by atoms with E-state index in [4.69, 9.17) is 10.3 Å². The molecule has 7 unspecified atom stereocenters. The Morgan fingerprint density at radius 1 is 0.511 bits per heavy atom. The molecule has 0 saturated heterocycles. The van der Waals surface area contributed by atoms with Crippen molar-refractivity contribution in [3.63, 3.8) is 0 Å². The SMILES string of the molecule is CCCCCCCCCCCCCCCCCCCCS(=O)(=O)O.NCC(F)C(F)C(F)C(F)C(F)C(F)C(F)CCCCF. The summed E-state index contributed by atoms with van der Waals surface area (Å²) in [7, 11) is -3.75. The number of nitrogens with two attached hydrogens (primary N) is 1. The third-order valence-electron chi connectivity index (χ3n) is 7.75. The second-order valence-corrected chi connectivity index (χ2v) is 13.5. The molecule has 0 heterocycles. The quantitative estimate of drug-likeness (QED) is 0.0446. The van der Waals surface area contributed by atoms with Crippen molar-refractivity contribution in [3.8, 4) is 0 Å². The van der Waals surface area contributed by atoms with Gasteiger partial charge in [-0.25, -0.2) is 30.7 Å². The smallest absolute Gasteiger partial charge is 0.264 e. The first-order valence-corrected chi connectivity index (χ1v) is 18.6. The van der Waals surface area contributed by atoms with Gasteiger partial charge in [0, 0.05) is 6.54 Å². The Hall–Kier alpha value is -0.690. The fraction of sp³-hybridized carbons (Fsp3) is 1.00. The van der Waals surface area contributed by atoms with E-state index in [1.54, 1.807) is 0 Å². The van der Waals surface area contributed by atoms with E-state index < -0.39 is 73.0 Å². The maximum Gasteiger partial charge on any atom is 0.264 e. The molecule has 0 aliphatic heterocycles. The molecule has 0 aliphatic rings. The molecule has 0 aromatic heterocycles. The largest absolute Gasteiger partial charge is 0.328 e. The Kier molecular flexibility index (Phi) is 31.6. The lowest BCUT2D eigenvalue weighted by Crippen LogP contribution is -2.46. The van der Waals surface area contributed by atoms with Crippen molar-refractivity contribution in [2.75, 3.05) is 19.0 Å². The topological polar surface area (TPSA) is 80.4 Å². The van der Waals surface area contributed by atoms with E-state index in [-0.39, 0.29) is 18.6 Å². The summed E-state index contributed by atoms with van der Waals surface area (Å²) in [4.78, 5) is 0. The molecular weight excluding hydrogens is 630 g/mol. The lowest BCUT2D eigenvalue weighted by Gasteiger charge is -2.25. The highest BCUT2D eigenvalue weighted by Crippen LogP contribution is 2.27. The van der Waals surface area contributed by atoms with Crippen LogP contribution in [0.1, 0.15) is 142 Å². The fourth-order valence-electron chi connectivity index (χ4n) is 4.84. The lowest BCUT2D eigenvalue weighted by molar-refractivity contribution is -0.0349. The maximum atomic E-state index is 13.3. The van der Waals surface area contributed by atoms with E-state index in [9.17, 15) is 43.5 Å². The van der Waals surface area contributed by atoms with Crippen LogP contribution in [0.15, 0.2) is 0 Å². The molecule has 0 aromatic rings. The van der Waals surface area contributed by atoms with Gasteiger partial charge in [0.1, 0.15) is 12.3 Å². The molecular formula is C32H61F8NO3S. The molecule has 0 radical (unpaired) electrons. The van der Waals surface area contributed by atoms with E-state index in [2.05, 4.69) is 6.92 Å². The molecule has 0 saturated carbocycles. The summed E-state index contributed by atoms with van der Waals surface area (Å²) in [5.74, 6) is -0.0776. The summed E-state index contributed by atoms with van der Waals surface area (Å²) >= 11 is 0. The van der Waals surface area contributed by atoms with E-state index in [1.165, 1.54) is 96.3 Å². The number of unbranched alkanes of at least 4 members (excludes halogenated alkanes) is 18. The Balaban J connectivity index is 0. The molecule has 45 heavy (non-hydrogen) atoms. The van der Waals surface area contributed by atoms with Gasteiger partial charge >= 0.3 is 0 Å². The van der Waals surface area contributed by atoms with Crippen molar-refractivity contribution in [1.82, 2.24) is 0 Å². The first-order chi connectivity index (χ1) is 21.3. The standard InChI is InChI=1S/C20H42O3S.C12H19F8N/c1-2-3-4-5-6-7-8-9-10-11-12-13-14-15-16-17-18-19-20-24(21,22)23;13-4-2-1-3-6(14)8(16)10(18)12(20)11(19)9(17)7(15)5-21/h2-20H2,1H3,(H,21,22,23);6-12H,1-5,21H2. The van der Waals surface area contributed by atoms with Crippen LogP contribution >= 0.6 is 0 Å². The second kappa shape index (κ2) is 30.6. The third kappa shape index (κ3) is 28.1. The van der Waals surface area contributed by atoms with E-state index in [1.807, 2.05) is 0 Å². The van der Waals surface area contributed by atoms with Gasteiger partial charge in [0.25, 0.3) is 10.1 Å². The molecule has 4 nitrogen and oxygen atoms in total. The summed E-state index contributed by atoms with van der Waals surface area (Å²) in [5, 5.41) is 0. The van der Waals surface area contributed by atoms with Crippen LogP contribution in [0.5, 0.6) is 0 Å². The highest BCUT2D eigenvalue weighted by atomic mass is 32.2. The fourth-order valence-corrected chi connectivity index (χ4v) is 5.40. The molecule has 0 aliphatic carbocycles. The van der Waals surface area contributed by atoms with Gasteiger partial charge in [-0.15, -0.1) is 0 Å². The van der Waals surface area contributed by atoms with Gasteiger partial charge in [0.15, 0.2) is 30.9 Å². The average molecular weight is 692 g/mol. The summed E-state index contributed by atoms with van der Waals surface area (Å²) in [6.45, 7) is 0.536. The first-order valence-electron chi connectivity index (χ1n) is 17.0. The van der Waals surface area contributed by atoms with Crippen molar-refractivity contribution < 1.29 is 48.1 Å². The molecule has 274 valence electrons. The van der Waals surface area contributed by atoms with Crippen molar-refractivity contribution in [2.24, 2.45) is 5.73 Å². The van der Waals surface area contributed by atoms with Crippen LogP contribution in [-0.2, 0) is 10.1 Å². The van der Waals surface area contributed by atoms with Crippen LogP contribution < -0.4 is 5.73 Å². The Labute approximate surface area is 267 Å². The van der Waals surface area contributed by atoms with Gasteiger partial charge < -0.3 is 5.73 Å². The number of hydrogen-bond donors (Lipinski definition) is 2. The molecule has 0 rings (SSSR count). The van der Waals surface area contributed by atoms with Crippen LogP contribution in [0.25, 0.3) is 0 Å². The third-order valence-corrected chi connectivity index (χ3v) is 8.56. The average Bonchev–Trinajstić information content (AvgIpc) is 3.01. The van der Waals surface area contributed by atoms with Crippen LogP contribution in [0.3, 0.4) is 0 Å². The predicted octanol–water partition coefficient (Wildman–Crippen LogP) is 10.4. The normalized spacial score (nSPS) is 16.7. The molecule has 0 fully saturated rings. The van der Waals surface area contributed by atoms with Crippen LogP contribution in [-0.4, -0.2) is 75.1 Å². The highest BCUT2D eigenvalue weighted by Gasteiger charge is 2.45. The van der Waals surface area contributed by atoms with Crippen molar-refractivity contribution in [2.45, 2.75) is 185 Å². The minimum atomic E-state index is -3.75. The summed E-state index contributed by atoms with van der Waals surface area (Å²) in [5.41, 5.74) is 4.70. The minimum absolute atomic E-state index is 0.0776. The Morgan fingerprint density at radius 3 is 1.18 bits per heavy atom. The Morgan fingerprint density at radius 2 is 0.844 bits per heavy atom. The van der Waals surface area contributed by atoms with Crippen molar-refractivity contribution >= 4 is 10.1 Å².